The Hall–Kier alpha value is -1.33. The summed E-state index contributed by atoms with van der Waals surface area (Å²) in [5, 5.41) is 3.14. The zero-order valence-electron chi connectivity index (χ0n) is 12.3. The van der Waals surface area contributed by atoms with Gasteiger partial charge in [0.25, 0.3) is 0 Å². The van der Waals surface area contributed by atoms with Gasteiger partial charge in [0.05, 0.1) is 23.8 Å². The van der Waals surface area contributed by atoms with Crippen molar-refractivity contribution in [2.24, 2.45) is 0 Å². The SMILES string of the molecule is CNc1cncc(N2CCN(CCN(C)C)CC2)c1. The molecule has 5 heteroatoms. The van der Waals surface area contributed by atoms with Crippen molar-refractivity contribution in [1.29, 1.82) is 0 Å². The predicted molar refractivity (Wildman–Crippen MR) is 81.0 cm³/mol. The number of anilines is 2. The molecule has 1 fully saturated rings. The molecule has 1 aliphatic rings. The molecule has 1 aromatic rings. The highest BCUT2D eigenvalue weighted by molar-refractivity contribution is 5.55. The molecule has 0 bridgehead atoms. The minimum absolute atomic E-state index is 1.08. The first-order chi connectivity index (χ1) is 9.19. The van der Waals surface area contributed by atoms with Crippen LogP contribution in [0.25, 0.3) is 0 Å². The highest BCUT2D eigenvalue weighted by Crippen LogP contribution is 2.18. The van der Waals surface area contributed by atoms with E-state index in [1.165, 1.54) is 5.69 Å². The van der Waals surface area contributed by atoms with Crippen molar-refractivity contribution >= 4 is 11.4 Å². The van der Waals surface area contributed by atoms with E-state index in [1.807, 2.05) is 19.4 Å². The van der Waals surface area contributed by atoms with Gasteiger partial charge in [-0.3, -0.25) is 9.88 Å². The van der Waals surface area contributed by atoms with Gasteiger partial charge in [-0.2, -0.15) is 0 Å². The Bertz CT molecular complexity index is 385. The van der Waals surface area contributed by atoms with Crippen LogP contribution in [0.3, 0.4) is 0 Å². The molecule has 0 spiro atoms. The number of nitrogens with one attached hydrogen (secondary N) is 1. The second-order valence-electron chi connectivity index (χ2n) is 5.31. The van der Waals surface area contributed by atoms with Gasteiger partial charge in [-0.05, 0) is 20.2 Å². The fourth-order valence-corrected chi connectivity index (χ4v) is 2.31. The summed E-state index contributed by atoms with van der Waals surface area (Å²) in [7, 11) is 6.19. The zero-order valence-corrected chi connectivity index (χ0v) is 12.3. The Balaban J connectivity index is 1.85. The Morgan fingerprint density at radius 2 is 1.95 bits per heavy atom. The van der Waals surface area contributed by atoms with Crippen LogP contribution < -0.4 is 10.2 Å². The third kappa shape index (κ3) is 4.08. The third-order valence-electron chi connectivity index (χ3n) is 3.61. The average molecular weight is 263 g/mol. The molecule has 2 rings (SSSR count). The molecule has 1 aromatic heterocycles. The largest absolute Gasteiger partial charge is 0.387 e. The van der Waals surface area contributed by atoms with Gasteiger partial charge in [0.1, 0.15) is 0 Å². The molecule has 1 aliphatic heterocycles. The summed E-state index contributed by atoms with van der Waals surface area (Å²) in [6, 6.07) is 2.17. The standard InChI is InChI=1S/C14H25N5/c1-15-13-10-14(12-16-11-13)19-8-6-18(7-9-19)5-4-17(2)3/h10-12,15H,4-9H2,1-3H3. The lowest BCUT2D eigenvalue weighted by molar-refractivity contribution is 0.229. The van der Waals surface area contributed by atoms with Crippen LogP contribution in [0.1, 0.15) is 0 Å². The molecule has 0 aliphatic carbocycles. The van der Waals surface area contributed by atoms with E-state index < -0.39 is 0 Å². The molecular weight excluding hydrogens is 238 g/mol. The lowest BCUT2D eigenvalue weighted by Crippen LogP contribution is -2.48. The maximum Gasteiger partial charge on any atom is 0.0574 e. The van der Waals surface area contributed by atoms with Crippen molar-refractivity contribution in [2.45, 2.75) is 0 Å². The van der Waals surface area contributed by atoms with E-state index in [4.69, 9.17) is 0 Å². The van der Waals surface area contributed by atoms with Crippen molar-refractivity contribution in [3.63, 3.8) is 0 Å². The van der Waals surface area contributed by atoms with Crippen LogP contribution in [-0.4, -0.2) is 75.2 Å². The molecule has 0 atom stereocenters. The van der Waals surface area contributed by atoms with E-state index in [0.29, 0.717) is 0 Å². The Kier molecular flexibility index (Phi) is 4.99. The van der Waals surface area contributed by atoms with E-state index in [-0.39, 0.29) is 0 Å². The highest BCUT2D eigenvalue weighted by atomic mass is 15.3. The van der Waals surface area contributed by atoms with Gasteiger partial charge >= 0.3 is 0 Å². The zero-order chi connectivity index (χ0) is 13.7. The normalized spacial score (nSPS) is 16.9. The molecule has 1 saturated heterocycles. The monoisotopic (exact) mass is 263 g/mol. The van der Waals surface area contributed by atoms with Crippen molar-refractivity contribution in [2.75, 3.05) is 70.6 Å². The lowest BCUT2D eigenvalue weighted by atomic mass is 10.2. The van der Waals surface area contributed by atoms with E-state index in [2.05, 4.69) is 45.2 Å². The molecule has 0 unspecified atom stereocenters. The van der Waals surface area contributed by atoms with Crippen LogP contribution in [0.4, 0.5) is 11.4 Å². The molecule has 0 saturated carbocycles. The summed E-state index contributed by atoms with van der Waals surface area (Å²) in [5.74, 6) is 0. The molecule has 0 amide bonds. The molecule has 106 valence electrons. The smallest absolute Gasteiger partial charge is 0.0574 e. The molecule has 1 N–H and O–H groups in total. The fraction of sp³-hybridized carbons (Fsp3) is 0.643. The number of nitrogens with zero attached hydrogens (tertiary/aromatic N) is 4. The Labute approximate surface area is 116 Å². The van der Waals surface area contributed by atoms with Crippen molar-refractivity contribution < 1.29 is 0 Å². The van der Waals surface area contributed by atoms with Crippen LogP contribution in [0.5, 0.6) is 0 Å². The summed E-state index contributed by atoms with van der Waals surface area (Å²) >= 11 is 0. The molecule has 19 heavy (non-hydrogen) atoms. The number of pyridine rings is 1. The Morgan fingerprint density at radius 1 is 1.21 bits per heavy atom. The van der Waals surface area contributed by atoms with Crippen molar-refractivity contribution in [1.82, 2.24) is 14.8 Å². The van der Waals surface area contributed by atoms with Gasteiger partial charge in [0.15, 0.2) is 0 Å². The second kappa shape index (κ2) is 6.73. The third-order valence-corrected chi connectivity index (χ3v) is 3.61. The highest BCUT2D eigenvalue weighted by Gasteiger charge is 2.17. The van der Waals surface area contributed by atoms with Crippen LogP contribution in [0, 0.1) is 0 Å². The summed E-state index contributed by atoms with van der Waals surface area (Å²) in [5.41, 5.74) is 2.30. The topological polar surface area (TPSA) is 34.6 Å². The molecule has 5 nitrogen and oxygen atoms in total. The first-order valence-corrected chi connectivity index (χ1v) is 6.94. The summed E-state index contributed by atoms with van der Waals surface area (Å²) < 4.78 is 0. The maximum absolute atomic E-state index is 4.28. The number of hydrogen-bond donors (Lipinski definition) is 1. The van der Waals surface area contributed by atoms with Gasteiger partial charge in [-0.1, -0.05) is 0 Å². The van der Waals surface area contributed by atoms with Crippen molar-refractivity contribution in [3.8, 4) is 0 Å². The number of aromatic nitrogens is 1. The predicted octanol–water partition coefficient (Wildman–Crippen LogP) is 0.807. The van der Waals surface area contributed by atoms with Crippen LogP contribution in [0.15, 0.2) is 18.5 Å². The van der Waals surface area contributed by atoms with Gasteiger partial charge in [0, 0.05) is 46.3 Å². The first kappa shape index (κ1) is 14.1. The number of hydrogen-bond acceptors (Lipinski definition) is 5. The number of piperazine rings is 1. The molecule has 0 radical (unpaired) electrons. The summed E-state index contributed by atoms with van der Waals surface area (Å²) in [6.07, 6.45) is 3.81. The van der Waals surface area contributed by atoms with E-state index >= 15 is 0 Å². The quantitative estimate of drug-likeness (QED) is 0.850. The maximum atomic E-state index is 4.28. The molecular formula is C14H25N5. The number of likely N-dealkylation sites (N-methyl/N-ethyl adjacent to an activating group) is 1. The first-order valence-electron chi connectivity index (χ1n) is 6.94. The summed E-state index contributed by atoms with van der Waals surface area (Å²) in [4.78, 5) is 11.5. The molecule has 0 aromatic carbocycles. The lowest BCUT2D eigenvalue weighted by Gasteiger charge is -2.36. The second-order valence-corrected chi connectivity index (χ2v) is 5.31. The van der Waals surface area contributed by atoms with E-state index in [9.17, 15) is 0 Å². The van der Waals surface area contributed by atoms with E-state index in [0.717, 1.165) is 45.0 Å². The van der Waals surface area contributed by atoms with Crippen LogP contribution in [-0.2, 0) is 0 Å². The number of rotatable bonds is 5. The Morgan fingerprint density at radius 3 is 2.58 bits per heavy atom. The minimum Gasteiger partial charge on any atom is -0.387 e. The average Bonchev–Trinajstić information content (AvgIpc) is 2.45. The fourth-order valence-electron chi connectivity index (χ4n) is 2.31. The van der Waals surface area contributed by atoms with Crippen LogP contribution >= 0.6 is 0 Å². The van der Waals surface area contributed by atoms with E-state index in [1.54, 1.807) is 0 Å². The van der Waals surface area contributed by atoms with Crippen LogP contribution in [0.2, 0.25) is 0 Å². The van der Waals surface area contributed by atoms with Crippen molar-refractivity contribution in [3.05, 3.63) is 18.5 Å². The van der Waals surface area contributed by atoms with Gasteiger partial charge in [-0.25, -0.2) is 0 Å². The molecule has 2 heterocycles. The van der Waals surface area contributed by atoms with Gasteiger partial charge in [0.2, 0.25) is 0 Å². The summed E-state index contributed by atoms with van der Waals surface area (Å²) in [6.45, 7) is 6.74. The van der Waals surface area contributed by atoms with Gasteiger partial charge < -0.3 is 15.1 Å². The van der Waals surface area contributed by atoms with Gasteiger partial charge in [-0.15, -0.1) is 0 Å². The minimum atomic E-state index is 1.08.